The number of esters is 1. The standard InChI is InChI=1S/C18H31ClN2O8/c1-17(2,3)28-15(24)20-10-8-7-9-12(13(22)26-11-27-14(19)23)21-16(25)29-18(4,5)6/h12H,7-11H2,1-6H3,(H,20,24)(H,21,25)/t12-/m0/s1. The lowest BCUT2D eigenvalue weighted by molar-refractivity contribution is -0.154. The molecule has 11 heteroatoms. The van der Waals surface area contributed by atoms with Crippen molar-refractivity contribution in [2.75, 3.05) is 13.3 Å². The minimum absolute atomic E-state index is 0.211. The molecular weight excluding hydrogens is 408 g/mol. The van der Waals surface area contributed by atoms with Gasteiger partial charge in [-0.2, -0.15) is 0 Å². The molecule has 0 aromatic carbocycles. The van der Waals surface area contributed by atoms with E-state index in [0.29, 0.717) is 19.4 Å². The number of hydrogen-bond donors (Lipinski definition) is 2. The van der Waals surface area contributed by atoms with Gasteiger partial charge in [0.25, 0.3) is 0 Å². The molecular formula is C18H31ClN2O8. The second-order valence-corrected chi connectivity index (χ2v) is 8.40. The summed E-state index contributed by atoms with van der Waals surface area (Å²) in [5.41, 5.74) is -2.46. The third kappa shape index (κ3) is 16.4. The zero-order valence-corrected chi connectivity index (χ0v) is 18.5. The average molecular weight is 439 g/mol. The van der Waals surface area contributed by atoms with Crippen LogP contribution < -0.4 is 10.6 Å². The summed E-state index contributed by atoms with van der Waals surface area (Å²) in [5.74, 6) is -0.811. The Morgan fingerprint density at radius 1 is 0.862 bits per heavy atom. The highest BCUT2D eigenvalue weighted by molar-refractivity contribution is 6.61. The smallest absolute Gasteiger partial charge is 0.408 e. The molecule has 0 aromatic rings. The largest absolute Gasteiger partial charge is 0.444 e. The van der Waals surface area contributed by atoms with Crippen molar-refractivity contribution in [2.45, 2.75) is 78.0 Å². The molecule has 0 unspecified atom stereocenters. The van der Waals surface area contributed by atoms with Gasteiger partial charge < -0.3 is 29.6 Å². The van der Waals surface area contributed by atoms with E-state index in [9.17, 15) is 19.2 Å². The monoisotopic (exact) mass is 438 g/mol. The summed E-state index contributed by atoms with van der Waals surface area (Å²) in [5, 5.41) is 5.02. The van der Waals surface area contributed by atoms with E-state index < -0.39 is 47.6 Å². The topological polar surface area (TPSA) is 129 Å². The minimum atomic E-state index is -1.12. The second kappa shape index (κ2) is 12.4. The van der Waals surface area contributed by atoms with Crippen LogP contribution in [0.1, 0.15) is 60.8 Å². The number of alkyl carbamates (subject to hydrolysis) is 2. The molecule has 0 saturated carbocycles. The van der Waals surface area contributed by atoms with E-state index in [-0.39, 0.29) is 6.42 Å². The number of hydrogen-bond acceptors (Lipinski definition) is 8. The van der Waals surface area contributed by atoms with Crippen molar-refractivity contribution in [3.05, 3.63) is 0 Å². The minimum Gasteiger partial charge on any atom is -0.444 e. The van der Waals surface area contributed by atoms with Crippen LogP contribution in [-0.2, 0) is 23.7 Å². The summed E-state index contributed by atoms with van der Waals surface area (Å²) in [6.45, 7) is 9.97. The van der Waals surface area contributed by atoms with Crippen LogP contribution in [0.3, 0.4) is 0 Å². The summed E-state index contributed by atoms with van der Waals surface area (Å²) < 4.78 is 19.4. The van der Waals surface area contributed by atoms with E-state index in [1.807, 2.05) is 0 Å². The maximum atomic E-state index is 12.1. The predicted molar refractivity (Wildman–Crippen MR) is 105 cm³/mol. The van der Waals surface area contributed by atoms with Crippen LogP contribution >= 0.6 is 11.6 Å². The lowest BCUT2D eigenvalue weighted by Crippen LogP contribution is -2.44. The number of carbonyl (C=O) groups is 4. The van der Waals surface area contributed by atoms with Gasteiger partial charge in [0, 0.05) is 18.1 Å². The lowest BCUT2D eigenvalue weighted by atomic mass is 10.1. The molecule has 2 N–H and O–H groups in total. The van der Waals surface area contributed by atoms with Gasteiger partial charge in [0.2, 0.25) is 6.79 Å². The highest BCUT2D eigenvalue weighted by atomic mass is 35.5. The Balaban J connectivity index is 4.53. The first-order valence-corrected chi connectivity index (χ1v) is 9.52. The van der Waals surface area contributed by atoms with Crippen LogP contribution in [0, 0.1) is 0 Å². The summed E-state index contributed by atoms with van der Waals surface area (Å²) in [6.07, 6.45) is -0.122. The second-order valence-electron chi connectivity index (χ2n) is 8.09. The van der Waals surface area contributed by atoms with Crippen LogP contribution in [0.5, 0.6) is 0 Å². The van der Waals surface area contributed by atoms with E-state index in [2.05, 4.69) is 15.4 Å². The quantitative estimate of drug-likeness (QED) is 0.184. The predicted octanol–water partition coefficient (Wildman–Crippen LogP) is 3.45. The average Bonchev–Trinajstić information content (AvgIpc) is 2.49. The van der Waals surface area contributed by atoms with Gasteiger partial charge in [0.15, 0.2) is 0 Å². The zero-order valence-electron chi connectivity index (χ0n) is 17.8. The first kappa shape index (κ1) is 26.8. The lowest BCUT2D eigenvalue weighted by Gasteiger charge is -2.23. The fourth-order valence-electron chi connectivity index (χ4n) is 1.91. The molecule has 10 nitrogen and oxygen atoms in total. The first-order valence-electron chi connectivity index (χ1n) is 9.15. The summed E-state index contributed by atoms with van der Waals surface area (Å²) >= 11 is 4.99. The van der Waals surface area contributed by atoms with Gasteiger partial charge in [-0.1, -0.05) is 0 Å². The van der Waals surface area contributed by atoms with Gasteiger partial charge >= 0.3 is 23.6 Å². The molecule has 29 heavy (non-hydrogen) atoms. The van der Waals surface area contributed by atoms with Gasteiger partial charge in [-0.05, 0) is 60.8 Å². The van der Waals surface area contributed by atoms with Crippen molar-refractivity contribution < 1.29 is 38.1 Å². The third-order valence-electron chi connectivity index (χ3n) is 2.94. The van der Waals surface area contributed by atoms with Gasteiger partial charge in [-0.15, -0.1) is 0 Å². The molecule has 1 atom stereocenters. The van der Waals surface area contributed by atoms with E-state index >= 15 is 0 Å². The van der Waals surface area contributed by atoms with Crippen LogP contribution in [0.2, 0.25) is 0 Å². The van der Waals surface area contributed by atoms with E-state index in [4.69, 9.17) is 25.8 Å². The molecule has 0 aliphatic heterocycles. The number of unbranched alkanes of at least 4 members (excludes halogenated alkanes) is 1. The van der Waals surface area contributed by atoms with Crippen molar-refractivity contribution in [3.8, 4) is 0 Å². The molecule has 0 saturated heterocycles. The Morgan fingerprint density at radius 3 is 1.93 bits per heavy atom. The van der Waals surface area contributed by atoms with Crippen LogP contribution in [-0.4, -0.2) is 54.2 Å². The molecule has 2 amide bonds. The van der Waals surface area contributed by atoms with E-state index in [0.717, 1.165) is 0 Å². The number of halogens is 1. The highest BCUT2D eigenvalue weighted by Gasteiger charge is 2.25. The number of nitrogens with one attached hydrogen (secondary N) is 2. The molecule has 0 aromatic heterocycles. The molecule has 0 bridgehead atoms. The Morgan fingerprint density at radius 2 is 1.41 bits per heavy atom. The number of amides is 2. The molecule has 0 spiro atoms. The molecule has 0 fully saturated rings. The fraction of sp³-hybridized carbons (Fsp3) is 0.778. The summed E-state index contributed by atoms with van der Waals surface area (Å²) in [6, 6.07) is -1.03. The Labute approximate surface area is 175 Å². The number of rotatable bonds is 9. The molecule has 0 rings (SSSR count). The number of ether oxygens (including phenoxy) is 4. The zero-order chi connectivity index (χ0) is 22.7. The SMILES string of the molecule is CC(C)(C)OC(=O)NCCCC[C@H](NC(=O)OC(C)(C)C)C(=O)OCOC(=O)Cl. The number of carbonyl (C=O) groups excluding carboxylic acids is 4. The molecule has 0 aliphatic carbocycles. The van der Waals surface area contributed by atoms with Crippen LogP contribution in [0.25, 0.3) is 0 Å². The molecule has 0 heterocycles. The van der Waals surface area contributed by atoms with E-state index in [1.165, 1.54) is 0 Å². The first-order chi connectivity index (χ1) is 13.2. The molecule has 0 radical (unpaired) electrons. The Kier molecular flexibility index (Phi) is 11.4. The summed E-state index contributed by atoms with van der Waals surface area (Å²) in [4.78, 5) is 46.2. The van der Waals surface area contributed by atoms with Gasteiger partial charge in [-0.25, -0.2) is 19.2 Å². The Bertz CT molecular complexity index is 569. The molecule has 168 valence electrons. The van der Waals surface area contributed by atoms with Crippen molar-refractivity contribution in [1.82, 2.24) is 10.6 Å². The van der Waals surface area contributed by atoms with Gasteiger partial charge in [-0.3, -0.25) is 0 Å². The van der Waals surface area contributed by atoms with Gasteiger partial charge in [0.1, 0.15) is 17.2 Å². The molecule has 0 aliphatic rings. The van der Waals surface area contributed by atoms with Crippen molar-refractivity contribution in [2.24, 2.45) is 0 Å². The maximum Gasteiger partial charge on any atom is 0.408 e. The highest BCUT2D eigenvalue weighted by Crippen LogP contribution is 2.10. The van der Waals surface area contributed by atoms with Crippen molar-refractivity contribution in [1.29, 1.82) is 0 Å². The fourth-order valence-corrected chi connectivity index (χ4v) is 1.96. The Hall–Kier alpha value is -2.23. The normalized spacial score (nSPS) is 12.4. The van der Waals surface area contributed by atoms with E-state index in [1.54, 1.807) is 41.5 Å². The summed E-state index contributed by atoms with van der Waals surface area (Å²) in [7, 11) is 0. The van der Waals surface area contributed by atoms with Crippen molar-refractivity contribution >= 4 is 35.2 Å². The van der Waals surface area contributed by atoms with Crippen molar-refractivity contribution in [3.63, 3.8) is 0 Å². The van der Waals surface area contributed by atoms with Crippen LogP contribution in [0.4, 0.5) is 14.4 Å². The third-order valence-corrected chi connectivity index (χ3v) is 3.05. The van der Waals surface area contributed by atoms with Crippen LogP contribution in [0.15, 0.2) is 0 Å². The van der Waals surface area contributed by atoms with Gasteiger partial charge in [0.05, 0.1) is 0 Å². The maximum absolute atomic E-state index is 12.1.